The van der Waals surface area contributed by atoms with Crippen LogP contribution < -0.4 is 11.1 Å². The van der Waals surface area contributed by atoms with E-state index < -0.39 is 5.82 Å². The number of carbonyl (C=O) groups excluding carboxylic acids is 1. The van der Waals surface area contributed by atoms with Gasteiger partial charge in [-0.15, -0.1) is 11.8 Å². The molecule has 110 valence electrons. The molecule has 0 fully saturated rings. The van der Waals surface area contributed by atoms with E-state index in [0.717, 1.165) is 12.2 Å². The van der Waals surface area contributed by atoms with E-state index >= 15 is 0 Å². The molecule has 3 N–H and O–H groups in total. The van der Waals surface area contributed by atoms with Crippen LogP contribution in [0.25, 0.3) is 0 Å². The lowest BCUT2D eigenvalue weighted by molar-refractivity contribution is -0.116. The Morgan fingerprint density at radius 2 is 1.95 bits per heavy atom. The molecule has 0 heterocycles. The first kappa shape index (κ1) is 15.4. The Balaban J connectivity index is 1.71. The van der Waals surface area contributed by atoms with Crippen molar-refractivity contribution in [1.82, 2.24) is 0 Å². The molecule has 0 saturated carbocycles. The van der Waals surface area contributed by atoms with Crippen LogP contribution in [0.1, 0.15) is 12.8 Å². The standard InChI is InChI=1S/C16H17FN2OS/c17-14-9-8-12(11-15(14)18)19-16(20)7-4-10-21-13-5-2-1-3-6-13/h1-3,5-6,8-9,11H,4,7,10,18H2,(H,19,20). The zero-order valence-corrected chi connectivity index (χ0v) is 12.3. The van der Waals surface area contributed by atoms with Crippen LogP contribution in [-0.4, -0.2) is 11.7 Å². The highest BCUT2D eigenvalue weighted by Gasteiger charge is 2.05. The van der Waals surface area contributed by atoms with Crippen molar-refractivity contribution in [3.63, 3.8) is 0 Å². The highest BCUT2D eigenvalue weighted by Crippen LogP contribution is 2.19. The first-order valence-electron chi connectivity index (χ1n) is 6.68. The monoisotopic (exact) mass is 304 g/mol. The molecule has 0 radical (unpaired) electrons. The maximum Gasteiger partial charge on any atom is 0.224 e. The number of amides is 1. The number of thioether (sulfide) groups is 1. The number of nitrogens with one attached hydrogen (secondary N) is 1. The normalized spacial score (nSPS) is 10.3. The summed E-state index contributed by atoms with van der Waals surface area (Å²) in [6.07, 6.45) is 1.21. The molecule has 0 spiro atoms. The number of nitrogen functional groups attached to an aromatic ring is 1. The molecule has 3 nitrogen and oxygen atoms in total. The van der Waals surface area contributed by atoms with Gasteiger partial charge in [-0.1, -0.05) is 18.2 Å². The molecule has 0 aliphatic heterocycles. The summed E-state index contributed by atoms with van der Waals surface area (Å²) in [5.41, 5.74) is 6.01. The van der Waals surface area contributed by atoms with Crippen molar-refractivity contribution in [1.29, 1.82) is 0 Å². The fourth-order valence-electron chi connectivity index (χ4n) is 1.78. The fraction of sp³-hybridized carbons (Fsp3) is 0.188. The lowest BCUT2D eigenvalue weighted by Gasteiger charge is -2.06. The molecule has 0 atom stereocenters. The van der Waals surface area contributed by atoms with Crippen molar-refractivity contribution in [2.45, 2.75) is 17.7 Å². The highest BCUT2D eigenvalue weighted by molar-refractivity contribution is 7.99. The third-order valence-corrected chi connectivity index (χ3v) is 3.94. The zero-order chi connectivity index (χ0) is 15.1. The molecule has 21 heavy (non-hydrogen) atoms. The number of carbonyl (C=O) groups is 1. The van der Waals surface area contributed by atoms with Gasteiger partial charge < -0.3 is 11.1 Å². The summed E-state index contributed by atoms with van der Waals surface area (Å²) < 4.78 is 13.0. The Kier molecular flexibility index (Phi) is 5.63. The van der Waals surface area contributed by atoms with Crippen LogP contribution in [0.4, 0.5) is 15.8 Å². The van der Waals surface area contributed by atoms with Crippen molar-refractivity contribution in [3.05, 3.63) is 54.3 Å². The third kappa shape index (κ3) is 5.11. The van der Waals surface area contributed by atoms with E-state index in [4.69, 9.17) is 5.73 Å². The topological polar surface area (TPSA) is 55.1 Å². The molecule has 0 aliphatic rings. The van der Waals surface area contributed by atoms with Crippen molar-refractivity contribution < 1.29 is 9.18 Å². The summed E-state index contributed by atoms with van der Waals surface area (Å²) in [5, 5.41) is 2.71. The Morgan fingerprint density at radius 1 is 1.19 bits per heavy atom. The molecule has 0 aliphatic carbocycles. The van der Waals surface area contributed by atoms with Crippen LogP contribution in [-0.2, 0) is 4.79 Å². The van der Waals surface area contributed by atoms with Gasteiger partial charge in [-0.3, -0.25) is 4.79 Å². The van der Waals surface area contributed by atoms with Gasteiger partial charge in [-0.25, -0.2) is 4.39 Å². The smallest absolute Gasteiger partial charge is 0.224 e. The summed E-state index contributed by atoms with van der Waals surface area (Å²) in [5.74, 6) is 0.310. The molecule has 2 aromatic rings. The first-order chi connectivity index (χ1) is 10.1. The predicted molar refractivity (Wildman–Crippen MR) is 85.8 cm³/mol. The molecule has 5 heteroatoms. The number of rotatable bonds is 6. The van der Waals surface area contributed by atoms with Gasteiger partial charge in [0.15, 0.2) is 0 Å². The average Bonchev–Trinajstić information content (AvgIpc) is 2.49. The number of anilines is 2. The van der Waals surface area contributed by atoms with Crippen molar-refractivity contribution in [2.24, 2.45) is 0 Å². The van der Waals surface area contributed by atoms with Crippen LogP contribution in [0, 0.1) is 5.82 Å². The van der Waals surface area contributed by atoms with Gasteiger partial charge in [-0.05, 0) is 42.5 Å². The summed E-state index contributed by atoms with van der Waals surface area (Å²) in [6, 6.07) is 14.2. The largest absolute Gasteiger partial charge is 0.396 e. The molecular formula is C16H17FN2OS. The summed E-state index contributed by atoms with van der Waals surface area (Å²) in [4.78, 5) is 13.0. The van der Waals surface area contributed by atoms with E-state index in [9.17, 15) is 9.18 Å². The summed E-state index contributed by atoms with van der Waals surface area (Å²) in [6.45, 7) is 0. The molecule has 0 aromatic heterocycles. The Morgan fingerprint density at radius 3 is 2.67 bits per heavy atom. The van der Waals surface area contributed by atoms with Crippen LogP contribution in [0.2, 0.25) is 0 Å². The second kappa shape index (κ2) is 7.69. The SMILES string of the molecule is Nc1cc(NC(=O)CCCSc2ccccc2)ccc1F. The summed E-state index contributed by atoms with van der Waals surface area (Å²) in [7, 11) is 0. The van der Waals surface area contributed by atoms with Crippen LogP contribution in [0.15, 0.2) is 53.4 Å². The van der Waals surface area contributed by atoms with Crippen LogP contribution in [0.3, 0.4) is 0 Å². The van der Waals surface area contributed by atoms with Gasteiger partial charge in [0.25, 0.3) is 0 Å². The predicted octanol–water partition coefficient (Wildman–Crippen LogP) is 3.92. The highest BCUT2D eigenvalue weighted by atomic mass is 32.2. The van der Waals surface area contributed by atoms with E-state index in [-0.39, 0.29) is 11.6 Å². The number of halogens is 1. The third-order valence-electron chi connectivity index (χ3n) is 2.84. The molecule has 1 amide bonds. The molecule has 0 saturated heterocycles. The minimum atomic E-state index is -0.479. The number of benzene rings is 2. The van der Waals surface area contributed by atoms with Gasteiger partial charge >= 0.3 is 0 Å². The van der Waals surface area contributed by atoms with Gasteiger partial charge in [0, 0.05) is 17.0 Å². The molecular weight excluding hydrogens is 287 g/mol. The minimum Gasteiger partial charge on any atom is -0.396 e. The Hall–Kier alpha value is -2.01. The second-order valence-corrected chi connectivity index (χ2v) is 5.72. The Bertz CT molecular complexity index is 604. The van der Waals surface area contributed by atoms with Crippen molar-refractivity contribution in [3.8, 4) is 0 Å². The maximum atomic E-state index is 13.0. The molecule has 0 unspecified atom stereocenters. The zero-order valence-electron chi connectivity index (χ0n) is 11.5. The van der Waals surface area contributed by atoms with Gasteiger partial charge in [0.1, 0.15) is 5.82 Å². The molecule has 0 bridgehead atoms. The lowest BCUT2D eigenvalue weighted by atomic mass is 10.2. The number of nitrogens with two attached hydrogens (primary N) is 1. The van der Waals surface area contributed by atoms with Crippen LogP contribution in [0.5, 0.6) is 0 Å². The Labute approximate surface area is 127 Å². The maximum absolute atomic E-state index is 13.0. The quantitative estimate of drug-likeness (QED) is 0.483. The van der Waals surface area contributed by atoms with E-state index in [1.807, 2.05) is 30.3 Å². The van der Waals surface area contributed by atoms with E-state index in [1.54, 1.807) is 11.8 Å². The first-order valence-corrected chi connectivity index (χ1v) is 7.66. The van der Waals surface area contributed by atoms with E-state index in [1.165, 1.54) is 23.1 Å². The van der Waals surface area contributed by atoms with Crippen LogP contribution >= 0.6 is 11.8 Å². The van der Waals surface area contributed by atoms with E-state index in [2.05, 4.69) is 5.32 Å². The fourth-order valence-corrected chi connectivity index (χ4v) is 2.66. The minimum absolute atomic E-state index is 0.0347. The molecule has 2 aromatic carbocycles. The second-order valence-electron chi connectivity index (χ2n) is 4.55. The lowest BCUT2D eigenvalue weighted by Crippen LogP contribution is -2.11. The number of hydrogen-bond acceptors (Lipinski definition) is 3. The van der Waals surface area contributed by atoms with Gasteiger partial charge in [0.05, 0.1) is 5.69 Å². The van der Waals surface area contributed by atoms with Crippen molar-refractivity contribution >= 4 is 29.0 Å². The van der Waals surface area contributed by atoms with Gasteiger partial charge in [-0.2, -0.15) is 0 Å². The average molecular weight is 304 g/mol. The molecule has 2 rings (SSSR count). The van der Waals surface area contributed by atoms with E-state index in [0.29, 0.717) is 12.1 Å². The van der Waals surface area contributed by atoms with Crippen molar-refractivity contribution in [2.75, 3.05) is 16.8 Å². The van der Waals surface area contributed by atoms with Gasteiger partial charge in [0.2, 0.25) is 5.91 Å². The summed E-state index contributed by atoms with van der Waals surface area (Å²) >= 11 is 1.72. The number of hydrogen-bond donors (Lipinski definition) is 2.